The Hall–Kier alpha value is -2.02. The third kappa shape index (κ3) is 3.11. The molecule has 1 unspecified atom stereocenters. The van der Waals surface area contributed by atoms with Gasteiger partial charge in [-0.25, -0.2) is 0 Å². The molecule has 0 saturated carbocycles. The summed E-state index contributed by atoms with van der Waals surface area (Å²) in [6, 6.07) is 7.44. The SMILES string of the molecule is Cc1cccc(C#N)c1NC(C)C(=O)N1CCCCC1. The summed E-state index contributed by atoms with van der Waals surface area (Å²) >= 11 is 0. The topological polar surface area (TPSA) is 56.1 Å². The van der Waals surface area contributed by atoms with Crippen molar-refractivity contribution in [2.24, 2.45) is 0 Å². The largest absolute Gasteiger partial charge is 0.373 e. The number of piperidine rings is 1. The van der Waals surface area contributed by atoms with Gasteiger partial charge in [-0.15, -0.1) is 0 Å². The Kier molecular flexibility index (Phi) is 4.62. The third-order valence-electron chi connectivity index (χ3n) is 3.79. The van der Waals surface area contributed by atoms with E-state index in [1.165, 1.54) is 6.42 Å². The summed E-state index contributed by atoms with van der Waals surface area (Å²) in [5.41, 5.74) is 2.35. The molecule has 1 aromatic carbocycles. The van der Waals surface area contributed by atoms with Crippen LogP contribution in [0.15, 0.2) is 18.2 Å². The Balaban J connectivity index is 2.09. The molecule has 0 aromatic heterocycles. The first kappa shape index (κ1) is 14.4. The number of aryl methyl sites for hydroxylation is 1. The van der Waals surface area contributed by atoms with Gasteiger partial charge in [0.05, 0.1) is 11.3 Å². The first-order valence-electron chi connectivity index (χ1n) is 7.18. The van der Waals surface area contributed by atoms with Crippen molar-refractivity contribution in [1.29, 1.82) is 5.26 Å². The summed E-state index contributed by atoms with van der Waals surface area (Å²) in [5, 5.41) is 12.4. The monoisotopic (exact) mass is 271 g/mol. The van der Waals surface area contributed by atoms with Crippen molar-refractivity contribution in [1.82, 2.24) is 4.90 Å². The van der Waals surface area contributed by atoms with E-state index in [9.17, 15) is 4.79 Å². The van der Waals surface area contributed by atoms with Gasteiger partial charge in [-0.1, -0.05) is 12.1 Å². The normalized spacial score (nSPS) is 16.4. The number of nitrogens with zero attached hydrogens (tertiary/aromatic N) is 2. The lowest BCUT2D eigenvalue weighted by molar-refractivity contribution is -0.132. The van der Waals surface area contributed by atoms with Gasteiger partial charge in [0.25, 0.3) is 0 Å². The van der Waals surface area contributed by atoms with Crippen LogP contribution < -0.4 is 5.32 Å². The van der Waals surface area contributed by atoms with Crippen LogP contribution in [0.25, 0.3) is 0 Å². The van der Waals surface area contributed by atoms with Crippen molar-refractivity contribution in [2.45, 2.75) is 39.2 Å². The second-order valence-corrected chi connectivity index (χ2v) is 5.36. The summed E-state index contributed by atoms with van der Waals surface area (Å²) in [7, 11) is 0. The van der Waals surface area contributed by atoms with E-state index in [0.717, 1.165) is 37.2 Å². The molecule has 1 N–H and O–H groups in total. The molecule has 1 amide bonds. The number of nitrogens with one attached hydrogen (secondary N) is 1. The number of likely N-dealkylation sites (tertiary alicyclic amines) is 1. The van der Waals surface area contributed by atoms with Crippen LogP contribution in [0.2, 0.25) is 0 Å². The Morgan fingerprint density at radius 1 is 1.35 bits per heavy atom. The summed E-state index contributed by atoms with van der Waals surface area (Å²) in [6.07, 6.45) is 3.39. The average Bonchev–Trinajstić information content (AvgIpc) is 2.49. The number of para-hydroxylation sites is 1. The van der Waals surface area contributed by atoms with E-state index in [0.29, 0.717) is 5.56 Å². The fourth-order valence-electron chi connectivity index (χ4n) is 2.62. The number of nitriles is 1. The van der Waals surface area contributed by atoms with Crippen molar-refractivity contribution in [3.63, 3.8) is 0 Å². The molecule has 1 heterocycles. The minimum atomic E-state index is -0.304. The summed E-state index contributed by atoms with van der Waals surface area (Å²) in [5.74, 6) is 0.122. The Bertz CT molecular complexity index is 527. The van der Waals surface area contributed by atoms with Crippen LogP contribution in [0.4, 0.5) is 5.69 Å². The van der Waals surface area contributed by atoms with Crippen LogP contribution in [0.5, 0.6) is 0 Å². The van der Waals surface area contributed by atoms with Crippen molar-refractivity contribution in [3.05, 3.63) is 29.3 Å². The molecule has 0 spiro atoms. The lowest BCUT2D eigenvalue weighted by Crippen LogP contribution is -2.44. The van der Waals surface area contributed by atoms with Gasteiger partial charge >= 0.3 is 0 Å². The summed E-state index contributed by atoms with van der Waals surface area (Å²) in [6.45, 7) is 5.51. The first-order valence-corrected chi connectivity index (χ1v) is 7.18. The molecule has 1 aliphatic rings. The maximum absolute atomic E-state index is 12.4. The standard InChI is InChI=1S/C16H21N3O/c1-12-7-6-8-14(11-17)15(12)18-13(2)16(20)19-9-4-3-5-10-19/h6-8,13,18H,3-5,9-10H2,1-2H3. The van der Waals surface area contributed by atoms with Crippen LogP contribution in [-0.4, -0.2) is 29.9 Å². The van der Waals surface area contributed by atoms with Crippen LogP contribution in [0, 0.1) is 18.3 Å². The predicted molar refractivity (Wildman–Crippen MR) is 79.4 cm³/mol. The highest BCUT2D eigenvalue weighted by Crippen LogP contribution is 2.21. The van der Waals surface area contributed by atoms with Gasteiger partial charge < -0.3 is 10.2 Å². The number of rotatable bonds is 3. The van der Waals surface area contributed by atoms with E-state index < -0.39 is 0 Å². The first-order chi connectivity index (χ1) is 9.63. The van der Waals surface area contributed by atoms with Gasteiger partial charge in [0.1, 0.15) is 12.1 Å². The second kappa shape index (κ2) is 6.42. The molecule has 1 fully saturated rings. The van der Waals surface area contributed by atoms with Gasteiger partial charge in [0.15, 0.2) is 0 Å². The highest BCUT2D eigenvalue weighted by Gasteiger charge is 2.22. The Labute approximate surface area is 120 Å². The summed E-state index contributed by atoms with van der Waals surface area (Å²) in [4.78, 5) is 14.3. The van der Waals surface area contributed by atoms with Crippen LogP contribution in [0.3, 0.4) is 0 Å². The van der Waals surface area contributed by atoms with E-state index in [-0.39, 0.29) is 11.9 Å². The van der Waals surface area contributed by atoms with Crippen molar-refractivity contribution < 1.29 is 4.79 Å². The van der Waals surface area contributed by atoms with Crippen molar-refractivity contribution in [3.8, 4) is 6.07 Å². The maximum atomic E-state index is 12.4. The smallest absolute Gasteiger partial charge is 0.244 e. The van der Waals surface area contributed by atoms with Gasteiger partial charge in [-0.2, -0.15) is 5.26 Å². The van der Waals surface area contributed by atoms with Gasteiger partial charge in [-0.3, -0.25) is 4.79 Å². The van der Waals surface area contributed by atoms with Crippen molar-refractivity contribution in [2.75, 3.05) is 18.4 Å². The highest BCUT2D eigenvalue weighted by atomic mass is 16.2. The minimum absolute atomic E-state index is 0.122. The average molecular weight is 271 g/mol. The highest BCUT2D eigenvalue weighted by molar-refractivity contribution is 5.85. The zero-order valence-electron chi connectivity index (χ0n) is 12.1. The predicted octanol–water partition coefficient (Wildman–Crippen LogP) is 2.68. The molecule has 0 bridgehead atoms. The molecule has 4 nitrogen and oxygen atoms in total. The van der Waals surface area contributed by atoms with Gasteiger partial charge in [-0.05, 0) is 44.7 Å². The molecule has 106 valence electrons. The molecule has 2 rings (SSSR count). The molecular weight excluding hydrogens is 250 g/mol. The third-order valence-corrected chi connectivity index (χ3v) is 3.79. The lowest BCUT2D eigenvalue weighted by atomic mass is 10.1. The number of amides is 1. The van der Waals surface area contributed by atoms with E-state index in [2.05, 4.69) is 11.4 Å². The number of hydrogen-bond donors (Lipinski definition) is 1. The summed E-state index contributed by atoms with van der Waals surface area (Å²) < 4.78 is 0. The molecule has 0 radical (unpaired) electrons. The van der Waals surface area contributed by atoms with Crippen molar-refractivity contribution >= 4 is 11.6 Å². The van der Waals surface area contributed by atoms with E-state index in [4.69, 9.17) is 5.26 Å². The molecule has 4 heteroatoms. The number of benzene rings is 1. The molecule has 20 heavy (non-hydrogen) atoms. The Morgan fingerprint density at radius 2 is 2.05 bits per heavy atom. The lowest BCUT2D eigenvalue weighted by Gasteiger charge is -2.30. The number of anilines is 1. The molecule has 1 atom stereocenters. The van der Waals surface area contributed by atoms with E-state index in [1.807, 2.05) is 30.9 Å². The quantitative estimate of drug-likeness (QED) is 0.919. The van der Waals surface area contributed by atoms with Crippen LogP contribution >= 0.6 is 0 Å². The second-order valence-electron chi connectivity index (χ2n) is 5.36. The molecular formula is C16H21N3O. The minimum Gasteiger partial charge on any atom is -0.373 e. The number of carbonyl (C=O) groups excluding carboxylic acids is 1. The van der Waals surface area contributed by atoms with Gasteiger partial charge in [0.2, 0.25) is 5.91 Å². The number of hydrogen-bond acceptors (Lipinski definition) is 3. The number of carbonyl (C=O) groups is 1. The molecule has 1 aromatic rings. The molecule has 1 saturated heterocycles. The van der Waals surface area contributed by atoms with E-state index in [1.54, 1.807) is 6.07 Å². The maximum Gasteiger partial charge on any atom is 0.244 e. The van der Waals surface area contributed by atoms with E-state index >= 15 is 0 Å². The zero-order chi connectivity index (χ0) is 14.5. The van der Waals surface area contributed by atoms with Gasteiger partial charge in [0, 0.05) is 13.1 Å². The fraction of sp³-hybridized carbons (Fsp3) is 0.500. The molecule has 1 aliphatic heterocycles. The van der Waals surface area contributed by atoms with Crippen LogP contribution in [0.1, 0.15) is 37.3 Å². The zero-order valence-corrected chi connectivity index (χ0v) is 12.1. The Morgan fingerprint density at radius 3 is 2.70 bits per heavy atom. The fourth-order valence-corrected chi connectivity index (χ4v) is 2.62. The molecule has 0 aliphatic carbocycles. The van der Waals surface area contributed by atoms with Crippen LogP contribution in [-0.2, 0) is 4.79 Å².